The van der Waals surface area contributed by atoms with Crippen molar-refractivity contribution in [2.75, 3.05) is 19.0 Å². The minimum atomic E-state index is -0.202. The Bertz CT molecular complexity index is 910. The third-order valence-electron chi connectivity index (χ3n) is 4.06. The molecule has 0 bridgehead atoms. The number of carbonyl (C=O) groups is 1. The number of nitrogens with zero attached hydrogens (tertiary/aromatic N) is 2. The molecule has 27 heavy (non-hydrogen) atoms. The van der Waals surface area contributed by atoms with E-state index >= 15 is 0 Å². The number of amides is 1. The molecule has 0 saturated heterocycles. The molecule has 0 aliphatic heterocycles. The van der Waals surface area contributed by atoms with Crippen LogP contribution < -0.4 is 15.4 Å². The molecule has 1 amide bonds. The first-order chi connectivity index (χ1) is 13.2. The summed E-state index contributed by atoms with van der Waals surface area (Å²) in [5.41, 5.74) is 3.52. The zero-order valence-electron chi connectivity index (χ0n) is 15.4. The lowest BCUT2D eigenvalue weighted by Gasteiger charge is -2.09. The average molecular weight is 362 g/mol. The van der Waals surface area contributed by atoms with Gasteiger partial charge in [-0.2, -0.15) is 0 Å². The summed E-state index contributed by atoms with van der Waals surface area (Å²) in [6, 6.07) is 15.7. The van der Waals surface area contributed by atoms with Gasteiger partial charge in [0.1, 0.15) is 5.75 Å². The molecule has 0 atom stereocenters. The molecule has 0 aliphatic rings. The predicted octanol–water partition coefficient (Wildman–Crippen LogP) is 3.51. The van der Waals surface area contributed by atoms with Crippen molar-refractivity contribution in [2.45, 2.75) is 13.3 Å². The molecular formula is C21H22N4O2. The lowest BCUT2D eigenvalue weighted by atomic mass is 10.1. The molecule has 3 rings (SSSR count). The number of hydrogen-bond acceptors (Lipinski definition) is 5. The van der Waals surface area contributed by atoms with Crippen molar-refractivity contribution in [3.05, 3.63) is 77.6 Å². The van der Waals surface area contributed by atoms with E-state index in [9.17, 15) is 4.79 Å². The van der Waals surface area contributed by atoms with Crippen molar-refractivity contribution < 1.29 is 9.53 Å². The second-order valence-corrected chi connectivity index (χ2v) is 6.11. The number of para-hydroxylation sites is 1. The number of benzene rings is 2. The van der Waals surface area contributed by atoms with Gasteiger partial charge < -0.3 is 15.4 Å². The van der Waals surface area contributed by atoms with Gasteiger partial charge in [-0.25, -0.2) is 9.97 Å². The molecule has 2 N–H and O–H groups in total. The molecule has 6 nitrogen and oxygen atoms in total. The quantitative estimate of drug-likeness (QED) is 0.673. The van der Waals surface area contributed by atoms with E-state index in [2.05, 4.69) is 20.6 Å². The van der Waals surface area contributed by atoms with Crippen molar-refractivity contribution in [2.24, 2.45) is 0 Å². The van der Waals surface area contributed by atoms with Crippen LogP contribution >= 0.6 is 0 Å². The van der Waals surface area contributed by atoms with Crippen LogP contribution in [0, 0.1) is 6.92 Å². The Labute approximate surface area is 158 Å². The van der Waals surface area contributed by atoms with Gasteiger partial charge in [-0.15, -0.1) is 0 Å². The topological polar surface area (TPSA) is 76.1 Å². The Morgan fingerprint density at radius 1 is 1.07 bits per heavy atom. The molecule has 0 aliphatic carbocycles. The largest absolute Gasteiger partial charge is 0.496 e. The summed E-state index contributed by atoms with van der Waals surface area (Å²) < 4.78 is 5.32. The van der Waals surface area contributed by atoms with Crippen LogP contribution in [0.5, 0.6) is 5.75 Å². The van der Waals surface area contributed by atoms with E-state index in [1.165, 1.54) is 12.4 Å². The fourth-order valence-corrected chi connectivity index (χ4v) is 2.68. The minimum absolute atomic E-state index is 0.202. The van der Waals surface area contributed by atoms with Crippen LogP contribution in [0.2, 0.25) is 0 Å². The molecule has 138 valence electrons. The van der Waals surface area contributed by atoms with Crippen LogP contribution in [0.15, 0.2) is 60.9 Å². The van der Waals surface area contributed by atoms with Crippen molar-refractivity contribution in [3.8, 4) is 5.75 Å². The Hall–Kier alpha value is -3.41. The SMILES string of the molecule is COc1ccccc1CCNC(=O)c1cnc(Nc2cccc(C)c2)nc1. The number of aromatic nitrogens is 2. The standard InChI is InChI=1S/C21H22N4O2/c1-15-6-5-8-18(12-15)25-21-23-13-17(14-24-21)20(26)22-11-10-16-7-3-4-9-19(16)27-2/h3-9,12-14H,10-11H2,1-2H3,(H,22,26)(H,23,24,25). The summed E-state index contributed by atoms with van der Waals surface area (Å²) in [4.78, 5) is 20.7. The molecule has 2 aromatic carbocycles. The van der Waals surface area contributed by atoms with Crippen molar-refractivity contribution in [3.63, 3.8) is 0 Å². The van der Waals surface area contributed by atoms with E-state index in [1.54, 1.807) is 7.11 Å². The first kappa shape index (κ1) is 18.4. The fraction of sp³-hybridized carbons (Fsp3) is 0.190. The van der Waals surface area contributed by atoms with E-state index in [-0.39, 0.29) is 5.91 Å². The maximum Gasteiger partial charge on any atom is 0.254 e. The van der Waals surface area contributed by atoms with Crippen molar-refractivity contribution in [1.82, 2.24) is 15.3 Å². The summed E-state index contributed by atoms with van der Waals surface area (Å²) >= 11 is 0. The Kier molecular flexibility index (Phi) is 5.99. The minimum Gasteiger partial charge on any atom is -0.496 e. The highest BCUT2D eigenvalue weighted by atomic mass is 16.5. The highest BCUT2D eigenvalue weighted by molar-refractivity contribution is 5.93. The van der Waals surface area contributed by atoms with E-state index in [4.69, 9.17) is 4.74 Å². The van der Waals surface area contributed by atoms with Gasteiger partial charge in [-0.05, 0) is 42.7 Å². The molecule has 0 fully saturated rings. The average Bonchev–Trinajstić information content (AvgIpc) is 2.69. The summed E-state index contributed by atoms with van der Waals surface area (Å²) in [5, 5.41) is 6.00. The Morgan fingerprint density at radius 3 is 2.59 bits per heavy atom. The van der Waals surface area contributed by atoms with E-state index in [1.807, 2.05) is 55.5 Å². The zero-order valence-corrected chi connectivity index (χ0v) is 15.4. The molecule has 6 heteroatoms. The molecule has 1 heterocycles. The summed E-state index contributed by atoms with van der Waals surface area (Å²) in [7, 11) is 1.64. The van der Waals surface area contributed by atoms with Crippen LogP contribution in [0.1, 0.15) is 21.5 Å². The first-order valence-electron chi connectivity index (χ1n) is 8.71. The van der Waals surface area contributed by atoms with Crippen LogP contribution in [-0.4, -0.2) is 29.5 Å². The number of rotatable bonds is 7. The van der Waals surface area contributed by atoms with Gasteiger partial charge in [0.05, 0.1) is 12.7 Å². The third-order valence-corrected chi connectivity index (χ3v) is 4.06. The number of ether oxygens (including phenoxy) is 1. The Morgan fingerprint density at radius 2 is 1.85 bits per heavy atom. The van der Waals surface area contributed by atoms with Crippen molar-refractivity contribution in [1.29, 1.82) is 0 Å². The van der Waals surface area contributed by atoms with Gasteiger partial charge in [-0.1, -0.05) is 30.3 Å². The summed E-state index contributed by atoms with van der Waals surface area (Å²) in [6.07, 6.45) is 3.72. The molecule has 3 aromatic rings. The predicted molar refractivity (Wildman–Crippen MR) is 106 cm³/mol. The molecular weight excluding hydrogens is 340 g/mol. The summed E-state index contributed by atoms with van der Waals surface area (Å²) in [5.74, 6) is 1.07. The highest BCUT2D eigenvalue weighted by Gasteiger charge is 2.08. The van der Waals surface area contributed by atoms with E-state index in [0.717, 1.165) is 22.6 Å². The maximum absolute atomic E-state index is 12.3. The van der Waals surface area contributed by atoms with Gasteiger partial charge in [0, 0.05) is 24.6 Å². The number of aryl methyl sites for hydroxylation is 1. The fourth-order valence-electron chi connectivity index (χ4n) is 2.68. The number of anilines is 2. The van der Waals surface area contributed by atoms with Gasteiger partial charge in [0.15, 0.2) is 0 Å². The molecule has 1 aromatic heterocycles. The lowest BCUT2D eigenvalue weighted by Crippen LogP contribution is -2.26. The van der Waals surface area contributed by atoms with Gasteiger partial charge in [0.2, 0.25) is 5.95 Å². The smallest absolute Gasteiger partial charge is 0.254 e. The number of hydrogen-bond donors (Lipinski definition) is 2. The van der Waals surface area contributed by atoms with E-state index < -0.39 is 0 Å². The van der Waals surface area contributed by atoms with Crippen LogP contribution in [0.3, 0.4) is 0 Å². The second kappa shape index (κ2) is 8.80. The van der Waals surface area contributed by atoms with Crippen LogP contribution in [0.25, 0.3) is 0 Å². The van der Waals surface area contributed by atoms with Crippen LogP contribution in [0.4, 0.5) is 11.6 Å². The molecule has 0 unspecified atom stereocenters. The van der Waals surface area contributed by atoms with Crippen molar-refractivity contribution >= 4 is 17.5 Å². The lowest BCUT2D eigenvalue weighted by molar-refractivity contribution is 0.0953. The molecule has 0 saturated carbocycles. The van der Waals surface area contributed by atoms with E-state index in [0.29, 0.717) is 24.5 Å². The Balaban J connectivity index is 1.54. The highest BCUT2D eigenvalue weighted by Crippen LogP contribution is 2.17. The number of methoxy groups -OCH3 is 1. The number of nitrogens with one attached hydrogen (secondary N) is 2. The molecule has 0 radical (unpaired) electrons. The monoisotopic (exact) mass is 362 g/mol. The zero-order chi connectivity index (χ0) is 19.1. The maximum atomic E-state index is 12.3. The normalized spacial score (nSPS) is 10.3. The second-order valence-electron chi connectivity index (χ2n) is 6.11. The van der Waals surface area contributed by atoms with Gasteiger partial charge in [-0.3, -0.25) is 4.79 Å². The summed E-state index contributed by atoms with van der Waals surface area (Å²) in [6.45, 7) is 2.52. The first-order valence-corrected chi connectivity index (χ1v) is 8.71. The third kappa shape index (κ3) is 5.04. The molecule has 0 spiro atoms. The van der Waals surface area contributed by atoms with Gasteiger partial charge in [0.25, 0.3) is 5.91 Å². The number of carbonyl (C=O) groups excluding carboxylic acids is 1. The van der Waals surface area contributed by atoms with Gasteiger partial charge >= 0.3 is 0 Å². The van der Waals surface area contributed by atoms with Crippen LogP contribution in [-0.2, 0) is 6.42 Å².